The van der Waals surface area contributed by atoms with Crippen LogP contribution in [0.2, 0.25) is 0 Å². The van der Waals surface area contributed by atoms with E-state index in [0.717, 1.165) is 60.9 Å². The van der Waals surface area contributed by atoms with Gasteiger partial charge in [-0.05, 0) is 58.7 Å². The van der Waals surface area contributed by atoms with E-state index in [4.69, 9.17) is 11.0 Å². The van der Waals surface area contributed by atoms with Gasteiger partial charge < -0.3 is 8.98 Å². The molecule has 2 heterocycles. The molecular weight excluding hydrogens is 488 g/mol. The maximum absolute atomic E-state index is 8.07. The van der Waals surface area contributed by atoms with Gasteiger partial charge >= 0.3 is 0 Å². The van der Waals surface area contributed by atoms with Crippen LogP contribution in [0.15, 0.2) is 138 Å². The summed E-state index contributed by atoms with van der Waals surface area (Å²) >= 11 is 0. The van der Waals surface area contributed by atoms with Gasteiger partial charge in [-0.25, -0.2) is 4.85 Å². The summed E-state index contributed by atoms with van der Waals surface area (Å²) in [7, 11) is 0. The molecule has 0 aliphatic carbocycles. The first-order chi connectivity index (χ1) is 19.8. The van der Waals surface area contributed by atoms with Gasteiger partial charge in [-0.2, -0.15) is 0 Å². The summed E-state index contributed by atoms with van der Waals surface area (Å²) in [4.78, 5) is 3.98. The number of hydrogen-bond acceptors (Lipinski definition) is 1. The van der Waals surface area contributed by atoms with Crippen LogP contribution >= 0.6 is 0 Å². The van der Waals surface area contributed by atoms with Gasteiger partial charge in [0.05, 0.1) is 23.3 Å². The molecule has 3 nitrogen and oxygen atoms in total. The highest BCUT2D eigenvalue weighted by Crippen LogP contribution is 2.41. The molecule has 0 aliphatic rings. The molecule has 0 saturated heterocycles. The number of para-hydroxylation sites is 4. The van der Waals surface area contributed by atoms with Crippen molar-refractivity contribution in [1.82, 2.24) is 4.57 Å². The van der Waals surface area contributed by atoms with Crippen LogP contribution in [-0.4, -0.2) is 4.57 Å². The van der Waals surface area contributed by atoms with Crippen LogP contribution in [0.1, 0.15) is 0 Å². The number of fused-ring (bicyclic) bond motifs is 6. The molecule has 0 spiro atoms. The second kappa shape index (κ2) is 8.73. The predicted octanol–water partition coefficient (Wildman–Crippen LogP) is 10.6. The molecule has 3 heteroatoms. The summed E-state index contributed by atoms with van der Waals surface area (Å²) in [6.45, 7) is 8.07. The Labute approximate surface area is 231 Å². The molecule has 0 fully saturated rings. The van der Waals surface area contributed by atoms with Gasteiger partial charge in [0.15, 0.2) is 0 Å². The summed E-state index contributed by atoms with van der Waals surface area (Å²) in [5, 5.41) is 4.59. The molecule has 0 unspecified atom stereocenters. The SMILES string of the molecule is [C-]#[N+]c1cccc(-c2cccc(-c3ccc4oc5ccccc5c4c3)c2)c1-n1c2ccccc2c2ccccc21. The average Bonchev–Trinajstić information content (AvgIpc) is 3.56. The lowest BCUT2D eigenvalue weighted by Crippen LogP contribution is -1.98. The second-order valence-electron chi connectivity index (χ2n) is 10.0. The van der Waals surface area contributed by atoms with Crippen LogP contribution < -0.4 is 0 Å². The first-order valence-electron chi connectivity index (χ1n) is 13.3. The van der Waals surface area contributed by atoms with Crippen molar-refractivity contribution >= 4 is 49.4 Å². The molecule has 0 aliphatic heterocycles. The maximum Gasteiger partial charge on any atom is 0.211 e. The van der Waals surface area contributed by atoms with Crippen LogP contribution in [0, 0.1) is 6.57 Å². The summed E-state index contributed by atoms with van der Waals surface area (Å²) in [5.74, 6) is 0. The molecule has 0 radical (unpaired) electrons. The number of nitrogens with zero attached hydrogens (tertiary/aromatic N) is 2. The third-order valence-electron chi connectivity index (χ3n) is 7.82. The molecule has 0 amide bonds. The van der Waals surface area contributed by atoms with Crippen LogP contribution in [0.25, 0.3) is 76.5 Å². The summed E-state index contributed by atoms with van der Waals surface area (Å²) in [6, 6.07) is 46.0. The normalized spacial score (nSPS) is 11.5. The Morgan fingerprint density at radius 2 is 1.12 bits per heavy atom. The molecule has 0 atom stereocenters. The number of rotatable bonds is 3. The number of furan rings is 1. The quantitative estimate of drug-likeness (QED) is 0.217. The zero-order valence-electron chi connectivity index (χ0n) is 21.5. The summed E-state index contributed by atoms with van der Waals surface area (Å²) in [5.41, 5.74) is 9.84. The molecule has 0 saturated carbocycles. The number of aromatic nitrogens is 1. The van der Waals surface area contributed by atoms with Crippen LogP contribution in [0.3, 0.4) is 0 Å². The Balaban J connectivity index is 1.36. The molecule has 8 rings (SSSR count). The largest absolute Gasteiger partial charge is 0.456 e. The maximum atomic E-state index is 8.07. The van der Waals surface area contributed by atoms with E-state index in [9.17, 15) is 0 Å². The molecule has 0 N–H and O–H groups in total. The lowest BCUT2D eigenvalue weighted by atomic mass is 9.96. The third kappa shape index (κ3) is 3.30. The zero-order chi connectivity index (χ0) is 26.6. The smallest absolute Gasteiger partial charge is 0.211 e. The number of benzene rings is 6. The third-order valence-corrected chi connectivity index (χ3v) is 7.82. The lowest BCUT2D eigenvalue weighted by Gasteiger charge is -2.17. The predicted molar refractivity (Wildman–Crippen MR) is 165 cm³/mol. The topological polar surface area (TPSA) is 22.4 Å². The van der Waals surface area contributed by atoms with E-state index in [1.165, 1.54) is 10.8 Å². The van der Waals surface area contributed by atoms with E-state index in [-0.39, 0.29) is 0 Å². The second-order valence-corrected chi connectivity index (χ2v) is 10.0. The fraction of sp³-hybridized carbons (Fsp3) is 0. The van der Waals surface area contributed by atoms with Gasteiger partial charge in [-0.3, -0.25) is 0 Å². The molecule has 40 heavy (non-hydrogen) atoms. The Hall–Kier alpha value is -5.59. The number of hydrogen-bond donors (Lipinski definition) is 0. The molecule has 6 aromatic carbocycles. The summed E-state index contributed by atoms with van der Waals surface area (Å²) < 4.78 is 8.31. The van der Waals surface area contributed by atoms with Crippen LogP contribution in [0.4, 0.5) is 5.69 Å². The van der Waals surface area contributed by atoms with Crippen molar-refractivity contribution in [2.45, 2.75) is 0 Å². The van der Waals surface area contributed by atoms with E-state index in [0.29, 0.717) is 5.69 Å². The zero-order valence-corrected chi connectivity index (χ0v) is 21.5. The Kier molecular flexibility index (Phi) is 4.89. The van der Waals surface area contributed by atoms with Gasteiger partial charge in [0.1, 0.15) is 11.2 Å². The fourth-order valence-corrected chi connectivity index (χ4v) is 6.02. The van der Waals surface area contributed by atoms with E-state index in [2.05, 4.69) is 113 Å². The van der Waals surface area contributed by atoms with Crippen molar-refractivity contribution in [2.24, 2.45) is 0 Å². The Morgan fingerprint density at radius 3 is 1.90 bits per heavy atom. The Morgan fingerprint density at radius 1 is 0.500 bits per heavy atom. The van der Waals surface area contributed by atoms with Crippen molar-refractivity contribution in [1.29, 1.82) is 0 Å². The monoisotopic (exact) mass is 510 g/mol. The van der Waals surface area contributed by atoms with E-state index < -0.39 is 0 Å². The minimum Gasteiger partial charge on any atom is -0.456 e. The standard InChI is InChI=1S/C37H22N2O/c1-38-32-16-9-15-27(37(32)39-33-17-5-2-12-28(33)29-13-3-6-18-34(29)39)26-11-8-10-24(22-26)25-20-21-36-31(23-25)30-14-4-7-19-35(30)40-36/h2-23H. The van der Waals surface area contributed by atoms with E-state index in [1.54, 1.807) is 0 Å². The van der Waals surface area contributed by atoms with Gasteiger partial charge in [-0.1, -0.05) is 97.1 Å². The summed E-state index contributed by atoms with van der Waals surface area (Å²) in [6.07, 6.45) is 0. The van der Waals surface area contributed by atoms with E-state index >= 15 is 0 Å². The molecule has 0 bridgehead atoms. The average molecular weight is 511 g/mol. The van der Waals surface area contributed by atoms with E-state index in [1.807, 2.05) is 30.3 Å². The van der Waals surface area contributed by atoms with Crippen molar-refractivity contribution in [3.63, 3.8) is 0 Å². The van der Waals surface area contributed by atoms with Crippen molar-refractivity contribution in [3.05, 3.63) is 145 Å². The highest BCUT2D eigenvalue weighted by atomic mass is 16.3. The highest BCUT2D eigenvalue weighted by molar-refractivity contribution is 6.10. The first kappa shape index (κ1) is 22.4. The lowest BCUT2D eigenvalue weighted by molar-refractivity contribution is 0.669. The van der Waals surface area contributed by atoms with Gasteiger partial charge in [0.2, 0.25) is 5.69 Å². The molecular formula is C37H22N2O. The molecule has 2 aromatic heterocycles. The minimum atomic E-state index is 0.626. The molecule has 186 valence electrons. The fourth-order valence-electron chi connectivity index (χ4n) is 6.02. The highest BCUT2D eigenvalue weighted by Gasteiger charge is 2.19. The van der Waals surface area contributed by atoms with Gasteiger partial charge in [0, 0.05) is 21.5 Å². The van der Waals surface area contributed by atoms with Crippen LogP contribution in [-0.2, 0) is 0 Å². The Bertz CT molecular complexity index is 2240. The first-order valence-corrected chi connectivity index (χ1v) is 13.3. The van der Waals surface area contributed by atoms with Gasteiger partial charge in [-0.15, -0.1) is 0 Å². The molecule has 8 aromatic rings. The van der Waals surface area contributed by atoms with Crippen molar-refractivity contribution in [3.8, 4) is 27.9 Å². The minimum absolute atomic E-state index is 0.626. The van der Waals surface area contributed by atoms with Crippen molar-refractivity contribution in [2.75, 3.05) is 0 Å². The van der Waals surface area contributed by atoms with Crippen LogP contribution in [0.5, 0.6) is 0 Å². The van der Waals surface area contributed by atoms with Crippen molar-refractivity contribution < 1.29 is 4.42 Å². The van der Waals surface area contributed by atoms with Gasteiger partial charge in [0.25, 0.3) is 0 Å².